The van der Waals surface area contributed by atoms with Gasteiger partial charge in [-0.05, 0) is 13.3 Å². The minimum atomic E-state index is -0.634. The van der Waals surface area contributed by atoms with Crippen molar-refractivity contribution in [2.24, 2.45) is 5.92 Å². The van der Waals surface area contributed by atoms with Crippen molar-refractivity contribution in [3.63, 3.8) is 0 Å². The number of aliphatic hydroxyl groups excluding tert-OH is 1. The van der Waals surface area contributed by atoms with Gasteiger partial charge in [0.25, 0.3) is 0 Å². The first-order valence-electron chi connectivity index (χ1n) is 4.51. The fourth-order valence-electron chi connectivity index (χ4n) is 1.66. The van der Waals surface area contributed by atoms with Crippen LogP contribution in [0.4, 0.5) is 0 Å². The molecule has 76 valence electrons. The summed E-state index contributed by atoms with van der Waals surface area (Å²) in [6.45, 7) is 2.59. The Kier molecular flexibility index (Phi) is 3.69. The van der Waals surface area contributed by atoms with E-state index in [1.807, 2.05) is 6.92 Å². The number of carbonyl (C=O) groups is 1. The molecule has 0 aromatic rings. The number of methoxy groups -OCH3 is 1. The maximum absolute atomic E-state index is 10.9. The van der Waals surface area contributed by atoms with Gasteiger partial charge in [0.1, 0.15) is 0 Å². The maximum Gasteiger partial charge on any atom is 0.308 e. The molecule has 13 heavy (non-hydrogen) atoms. The zero-order valence-corrected chi connectivity index (χ0v) is 8.03. The highest BCUT2D eigenvalue weighted by Gasteiger charge is 2.31. The van der Waals surface area contributed by atoms with Crippen molar-refractivity contribution < 1.29 is 19.4 Å². The predicted molar refractivity (Wildman–Crippen MR) is 46.2 cm³/mol. The number of carbonyl (C=O) groups excluding carboxylic acids is 1. The van der Waals surface area contributed by atoms with Crippen molar-refractivity contribution >= 4 is 5.97 Å². The Hall–Kier alpha value is -0.610. The zero-order valence-electron chi connectivity index (χ0n) is 8.03. The second kappa shape index (κ2) is 4.58. The molecule has 1 aliphatic heterocycles. The van der Waals surface area contributed by atoms with Crippen molar-refractivity contribution in [3.05, 3.63) is 0 Å². The molecule has 0 aromatic heterocycles. The van der Waals surface area contributed by atoms with Gasteiger partial charge in [-0.15, -0.1) is 0 Å². The summed E-state index contributed by atoms with van der Waals surface area (Å²) in [5, 5.41) is 9.64. The Labute approximate surface area is 77.8 Å². The molecule has 0 saturated carbocycles. The summed E-state index contributed by atoms with van der Waals surface area (Å²) in [7, 11) is 1.32. The number of esters is 1. The highest BCUT2D eigenvalue weighted by Crippen LogP contribution is 2.25. The van der Waals surface area contributed by atoms with Crippen LogP contribution < -0.4 is 0 Å². The average molecular weight is 188 g/mol. The normalized spacial score (nSPS) is 30.1. The summed E-state index contributed by atoms with van der Waals surface area (Å²) in [6.07, 6.45) is 0.290. The van der Waals surface area contributed by atoms with E-state index in [1.54, 1.807) is 0 Å². The molecular weight excluding hydrogens is 172 g/mol. The van der Waals surface area contributed by atoms with Crippen LogP contribution >= 0.6 is 0 Å². The zero-order chi connectivity index (χ0) is 9.84. The van der Waals surface area contributed by atoms with E-state index < -0.39 is 6.10 Å². The van der Waals surface area contributed by atoms with Gasteiger partial charge in [0.05, 0.1) is 25.7 Å². The molecule has 0 aliphatic carbocycles. The van der Waals surface area contributed by atoms with E-state index >= 15 is 0 Å². The lowest BCUT2D eigenvalue weighted by molar-refractivity contribution is -0.143. The molecule has 3 atom stereocenters. The second-order valence-corrected chi connectivity index (χ2v) is 3.38. The summed E-state index contributed by atoms with van der Waals surface area (Å²) in [6, 6.07) is 0. The van der Waals surface area contributed by atoms with E-state index in [-0.39, 0.29) is 24.4 Å². The van der Waals surface area contributed by atoms with Crippen molar-refractivity contribution in [2.75, 3.05) is 13.7 Å². The van der Waals surface area contributed by atoms with Gasteiger partial charge in [0.2, 0.25) is 0 Å². The van der Waals surface area contributed by atoms with Crippen LogP contribution in [0.2, 0.25) is 0 Å². The first-order valence-corrected chi connectivity index (χ1v) is 4.51. The Morgan fingerprint density at radius 2 is 2.46 bits per heavy atom. The van der Waals surface area contributed by atoms with Gasteiger partial charge >= 0.3 is 5.97 Å². The lowest BCUT2D eigenvalue weighted by Gasteiger charge is -2.19. The van der Waals surface area contributed by atoms with E-state index in [0.717, 1.165) is 6.42 Å². The lowest BCUT2D eigenvalue weighted by Crippen LogP contribution is -2.28. The quantitative estimate of drug-likeness (QED) is 0.649. The molecule has 0 bridgehead atoms. The van der Waals surface area contributed by atoms with Crippen molar-refractivity contribution in [2.45, 2.75) is 32.0 Å². The first-order chi connectivity index (χ1) is 6.15. The largest absolute Gasteiger partial charge is 0.469 e. The van der Waals surface area contributed by atoms with E-state index in [9.17, 15) is 9.90 Å². The van der Waals surface area contributed by atoms with Crippen molar-refractivity contribution in [1.82, 2.24) is 0 Å². The van der Waals surface area contributed by atoms with Crippen LogP contribution in [0.15, 0.2) is 0 Å². The SMILES string of the molecule is COC(=O)CC(O)C1CCOC1C. The third-order valence-electron chi connectivity index (χ3n) is 2.53. The van der Waals surface area contributed by atoms with Gasteiger partial charge in [-0.3, -0.25) is 4.79 Å². The van der Waals surface area contributed by atoms with Crippen LogP contribution in [-0.2, 0) is 14.3 Å². The molecule has 4 nitrogen and oxygen atoms in total. The smallest absolute Gasteiger partial charge is 0.308 e. The summed E-state index contributed by atoms with van der Waals surface area (Å²) in [5.74, 6) is -0.300. The third kappa shape index (κ3) is 2.67. The molecule has 1 fully saturated rings. The molecule has 1 heterocycles. The fourth-order valence-corrected chi connectivity index (χ4v) is 1.66. The third-order valence-corrected chi connectivity index (χ3v) is 2.53. The Morgan fingerprint density at radius 1 is 1.77 bits per heavy atom. The van der Waals surface area contributed by atoms with E-state index in [2.05, 4.69) is 4.74 Å². The highest BCUT2D eigenvalue weighted by molar-refractivity contribution is 5.69. The Bertz CT molecular complexity index is 180. The molecule has 0 amide bonds. The van der Waals surface area contributed by atoms with Crippen LogP contribution in [0.5, 0.6) is 0 Å². The van der Waals surface area contributed by atoms with Crippen LogP contribution in [0.1, 0.15) is 19.8 Å². The standard InChI is InChI=1S/C9H16O4/c1-6-7(3-4-13-6)8(10)5-9(11)12-2/h6-8,10H,3-5H2,1-2H3. The number of hydrogen-bond acceptors (Lipinski definition) is 4. The Morgan fingerprint density at radius 3 is 2.92 bits per heavy atom. The summed E-state index contributed by atoms with van der Waals surface area (Å²) >= 11 is 0. The Balaban J connectivity index is 2.38. The van der Waals surface area contributed by atoms with Crippen LogP contribution in [0.25, 0.3) is 0 Å². The molecule has 1 N–H and O–H groups in total. The fraction of sp³-hybridized carbons (Fsp3) is 0.889. The number of ether oxygens (including phenoxy) is 2. The summed E-state index contributed by atoms with van der Waals surface area (Å²) in [5.41, 5.74) is 0. The van der Waals surface area contributed by atoms with Crippen molar-refractivity contribution in [3.8, 4) is 0 Å². The van der Waals surface area contributed by atoms with Gasteiger partial charge in [-0.2, -0.15) is 0 Å². The number of rotatable bonds is 3. The van der Waals surface area contributed by atoms with E-state index in [0.29, 0.717) is 6.61 Å². The van der Waals surface area contributed by atoms with Gasteiger partial charge < -0.3 is 14.6 Å². The first kappa shape index (κ1) is 10.5. The molecule has 1 saturated heterocycles. The van der Waals surface area contributed by atoms with E-state index in [1.165, 1.54) is 7.11 Å². The lowest BCUT2D eigenvalue weighted by atomic mass is 9.94. The monoisotopic (exact) mass is 188 g/mol. The molecular formula is C9H16O4. The van der Waals surface area contributed by atoms with Crippen molar-refractivity contribution in [1.29, 1.82) is 0 Å². The minimum Gasteiger partial charge on any atom is -0.469 e. The maximum atomic E-state index is 10.9. The summed E-state index contributed by atoms with van der Waals surface area (Å²) < 4.78 is 9.77. The number of aliphatic hydroxyl groups is 1. The van der Waals surface area contributed by atoms with Gasteiger partial charge in [0.15, 0.2) is 0 Å². The highest BCUT2D eigenvalue weighted by atomic mass is 16.5. The molecule has 0 aromatic carbocycles. The molecule has 1 aliphatic rings. The molecule has 0 radical (unpaired) electrons. The molecule has 1 rings (SSSR count). The minimum absolute atomic E-state index is 0.0413. The number of hydrogen-bond donors (Lipinski definition) is 1. The van der Waals surface area contributed by atoms with Crippen LogP contribution in [0.3, 0.4) is 0 Å². The van der Waals surface area contributed by atoms with Gasteiger partial charge in [-0.25, -0.2) is 0 Å². The predicted octanol–water partition coefficient (Wildman–Crippen LogP) is 0.335. The molecule has 4 heteroatoms. The average Bonchev–Trinajstić information content (AvgIpc) is 2.51. The van der Waals surface area contributed by atoms with E-state index in [4.69, 9.17) is 4.74 Å². The van der Waals surface area contributed by atoms with Gasteiger partial charge in [-0.1, -0.05) is 0 Å². The van der Waals surface area contributed by atoms with Crippen LogP contribution in [-0.4, -0.2) is 37.0 Å². The van der Waals surface area contributed by atoms with Gasteiger partial charge in [0, 0.05) is 12.5 Å². The van der Waals surface area contributed by atoms with Crippen LogP contribution in [0, 0.1) is 5.92 Å². The summed E-state index contributed by atoms with van der Waals surface area (Å²) in [4.78, 5) is 10.9. The second-order valence-electron chi connectivity index (χ2n) is 3.38. The topological polar surface area (TPSA) is 55.8 Å². The molecule has 0 spiro atoms. The molecule has 3 unspecified atom stereocenters.